The molecule has 0 spiro atoms. The molecule has 0 aliphatic carbocycles. The van der Waals surface area contributed by atoms with Gasteiger partial charge in [0.25, 0.3) is 5.91 Å². The zero-order chi connectivity index (χ0) is 24.4. The van der Waals surface area contributed by atoms with Crippen molar-refractivity contribution in [3.63, 3.8) is 0 Å². The second kappa shape index (κ2) is 9.85. The van der Waals surface area contributed by atoms with Gasteiger partial charge < -0.3 is 18.8 Å². The number of piperidine rings is 1. The Morgan fingerprint density at radius 1 is 1.12 bits per heavy atom. The first-order chi connectivity index (χ1) is 16.3. The number of hydrogen-bond acceptors (Lipinski definition) is 6. The molecule has 9 heteroatoms. The topological polar surface area (TPSA) is 86.0 Å². The molecule has 2 aromatic carbocycles. The van der Waals surface area contributed by atoms with E-state index in [0.717, 1.165) is 0 Å². The maximum atomic E-state index is 13.5. The quantitative estimate of drug-likeness (QED) is 0.391. The Labute approximate surface area is 200 Å². The van der Waals surface area contributed by atoms with Crippen LogP contribution in [0.15, 0.2) is 51.7 Å². The molecule has 0 radical (unpaired) electrons. The zero-order valence-electron chi connectivity index (χ0n) is 18.7. The molecule has 1 aliphatic rings. The van der Waals surface area contributed by atoms with Crippen LogP contribution in [0.4, 0.5) is 4.39 Å². The van der Waals surface area contributed by atoms with Gasteiger partial charge in [0.1, 0.15) is 17.1 Å². The molecule has 34 heavy (non-hydrogen) atoms. The number of methoxy groups -OCH3 is 1. The third kappa shape index (κ3) is 4.92. The number of carbonyl (C=O) groups is 2. The van der Waals surface area contributed by atoms with Crippen molar-refractivity contribution >= 4 is 34.4 Å². The highest BCUT2D eigenvalue weighted by Crippen LogP contribution is 2.34. The first-order valence-corrected chi connectivity index (χ1v) is 11.2. The molecule has 178 valence electrons. The van der Waals surface area contributed by atoms with Crippen LogP contribution in [-0.4, -0.2) is 43.1 Å². The van der Waals surface area contributed by atoms with Crippen molar-refractivity contribution in [1.29, 1.82) is 0 Å². The van der Waals surface area contributed by atoms with Crippen LogP contribution in [0, 0.1) is 11.7 Å². The molecule has 1 fully saturated rings. The summed E-state index contributed by atoms with van der Waals surface area (Å²) in [7, 11) is 1.36. The fourth-order valence-corrected chi connectivity index (χ4v) is 4.43. The van der Waals surface area contributed by atoms with Crippen molar-refractivity contribution in [2.75, 3.05) is 20.2 Å². The van der Waals surface area contributed by atoms with Gasteiger partial charge in [-0.2, -0.15) is 0 Å². The standard InChI is InChI=1S/C25H23ClFNO6/c1-14(24(30)28-9-7-15(8-10-28)25(31)32-2)33-17-4-6-19-20(13-23(29)34-22(19)12-17)18-5-3-16(27)11-21(18)26/h3-6,11-15H,7-10H2,1-2H3/t14-/m1/s1. The zero-order valence-corrected chi connectivity index (χ0v) is 19.4. The molecule has 1 atom stereocenters. The van der Waals surface area contributed by atoms with Crippen molar-refractivity contribution in [3.8, 4) is 16.9 Å². The number of carbonyl (C=O) groups excluding carboxylic acids is 2. The first-order valence-electron chi connectivity index (χ1n) is 10.8. The number of hydrogen-bond donors (Lipinski definition) is 0. The highest BCUT2D eigenvalue weighted by Gasteiger charge is 2.30. The molecular weight excluding hydrogens is 465 g/mol. The van der Waals surface area contributed by atoms with E-state index in [0.29, 0.717) is 48.2 Å². The second-order valence-corrected chi connectivity index (χ2v) is 8.55. The Bertz CT molecular complexity index is 1300. The minimum atomic E-state index is -0.784. The first kappa shape index (κ1) is 23.8. The van der Waals surface area contributed by atoms with E-state index >= 15 is 0 Å². The Morgan fingerprint density at radius 3 is 2.53 bits per heavy atom. The van der Waals surface area contributed by atoms with Crippen molar-refractivity contribution in [1.82, 2.24) is 4.90 Å². The minimum Gasteiger partial charge on any atom is -0.481 e. The molecule has 0 unspecified atom stereocenters. The molecule has 7 nitrogen and oxygen atoms in total. The van der Waals surface area contributed by atoms with Gasteiger partial charge >= 0.3 is 11.6 Å². The third-order valence-corrected chi connectivity index (χ3v) is 6.25. The van der Waals surface area contributed by atoms with Crippen molar-refractivity contribution in [2.24, 2.45) is 5.92 Å². The maximum Gasteiger partial charge on any atom is 0.336 e. The number of fused-ring (bicyclic) bond motifs is 1. The molecule has 1 saturated heterocycles. The van der Waals surface area contributed by atoms with Gasteiger partial charge in [-0.15, -0.1) is 0 Å². The van der Waals surface area contributed by atoms with E-state index in [4.69, 9.17) is 25.5 Å². The monoisotopic (exact) mass is 487 g/mol. The second-order valence-electron chi connectivity index (χ2n) is 8.14. The van der Waals surface area contributed by atoms with Gasteiger partial charge in [0.15, 0.2) is 6.10 Å². The summed E-state index contributed by atoms with van der Waals surface area (Å²) in [6, 6.07) is 10.1. The summed E-state index contributed by atoms with van der Waals surface area (Å²) < 4.78 is 29.4. The average molecular weight is 488 g/mol. The summed E-state index contributed by atoms with van der Waals surface area (Å²) in [6.45, 7) is 2.53. The molecule has 1 amide bonds. The Morgan fingerprint density at radius 2 is 1.85 bits per heavy atom. The molecule has 3 aromatic rings. The van der Waals surface area contributed by atoms with E-state index < -0.39 is 17.5 Å². The van der Waals surface area contributed by atoms with Gasteiger partial charge in [-0.1, -0.05) is 11.6 Å². The van der Waals surface area contributed by atoms with Crippen molar-refractivity contribution in [2.45, 2.75) is 25.9 Å². The van der Waals surface area contributed by atoms with E-state index in [9.17, 15) is 18.8 Å². The predicted octanol–water partition coefficient (Wildman–Crippen LogP) is 4.43. The normalized spacial score (nSPS) is 15.2. The summed E-state index contributed by atoms with van der Waals surface area (Å²) in [5, 5.41) is 0.756. The number of esters is 1. The predicted molar refractivity (Wildman–Crippen MR) is 124 cm³/mol. The number of amides is 1. The summed E-state index contributed by atoms with van der Waals surface area (Å²) >= 11 is 6.19. The van der Waals surface area contributed by atoms with Gasteiger partial charge in [-0.05, 0) is 50.1 Å². The molecule has 4 rings (SSSR count). The summed E-state index contributed by atoms with van der Waals surface area (Å²) in [5.41, 5.74) is 0.644. The smallest absolute Gasteiger partial charge is 0.336 e. The number of likely N-dealkylation sites (tertiary alicyclic amines) is 1. The van der Waals surface area contributed by atoms with E-state index in [1.807, 2.05) is 0 Å². The largest absolute Gasteiger partial charge is 0.481 e. The van der Waals surface area contributed by atoms with Crippen molar-refractivity contribution < 1.29 is 27.9 Å². The van der Waals surface area contributed by atoms with Gasteiger partial charge in [0.2, 0.25) is 0 Å². The van der Waals surface area contributed by atoms with Gasteiger partial charge in [0.05, 0.1) is 18.1 Å². The molecule has 0 N–H and O–H groups in total. The van der Waals surface area contributed by atoms with Crippen LogP contribution in [0.25, 0.3) is 22.1 Å². The van der Waals surface area contributed by atoms with E-state index in [-0.39, 0.29) is 28.4 Å². The highest BCUT2D eigenvalue weighted by atomic mass is 35.5. The molecular formula is C25H23ClFNO6. The lowest BCUT2D eigenvalue weighted by atomic mass is 9.97. The maximum absolute atomic E-state index is 13.5. The Kier molecular flexibility index (Phi) is 6.88. The van der Waals surface area contributed by atoms with Crippen molar-refractivity contribution in [3.05, 3.63) is 63.7 Å². The molecule has 0 saturated carbocycles. The number of rotatable bonds is 5. The molecule has 1 aromatic heterocycles. The number of benzene rings is 2. The lowest BCUT2D eigenvalue weighted by molar-refractivity contribution is -0.150. The summed E-state index contributed by atoms with van der Waals surface area (Å²) in [6.07, 6.45) is 0.302. The number of halogens is 2. The Balaban J connectivity index is 1.53. The fourth-order valence-electron chi connectivity index (χ4n) is 4.16. The van der Waals surface area contributed by atoms with Crippen LogP contribution in [0.2, 0.25) is 5.02 Å². The molecule has 1 aliphatic heterocycles. The highest BCUT2D eigenvalue weighted by molar-refractivity contribution is 6.33. The van der Waals surface area contributed by atoms with E-state index in [2.05, 4.69) is 0 Å². The average Bonchev–Trinajstić information content (AvgIpc) is 2.82. The SMILES string of the molecule is COC(=O)C1CCN(C(=O)[C@@H](C)Oc2ccc3c(-c4ccc(F)cc4Cl)cc(=O)oc3c2)CC1. The minimum absolute atomic E-state index is 0.169. The van der Waals surface area contributed by atoms with Crippen LogP contribution < -0.4 is 10.4 Å². The van der Waals surface area contributed by atoms with Crippen LogP contribution in [-0.2, 0) is 14.3 Å². The lowest BCUT2D eigenvalue weighted by Crippen LogP contribution is -2.45. The van der Waals surface area contributed by atoms with E-state index in [1.165, 1.54) is 37.4 Å². The van der Waals surface area contributed by atoms with Gasteiger partial charge in [-0.3, -0.25) is 9.59 Å². The lowest BCUT2D eigenvalue weighted by Gasteiger charge is -2.32. The van der Waals surface area contributed by atoms with Crippen LogP contribution in [0.3, 0.4) is 0 Å². The Hall–Kier alpha value is -3.39. The van der Waals surface area contributed by atoms with Crippen LogP contribution in [0.1, 0.15) is 19.8 Å². The van der Waals surface area contributed by atoms with Crippen LogP contribution >= 0.6 is 11.6 Å². The molecule has 0 bridgehead atoms. The summed E-state index contributed by atoms with van der Waals surface area (Å²) in [4.78, 5) is 38.4. The fraction of sp³-hybridized carbons (Fsp3) is 0.320. The number of nitrogens with zero attached hydrogens (tertiary/aromatic N) is 1. The molecule has 2 heterocycles. The van der Waals surface area contributed by atoms with Gasteiger partial charge in [-0.25, -0.2) is 9.18 Å². The van der Waals surface area contributed by atoms with E-state index in [1.54, 1.807) is 24.0 Å². The number of ether oxygens (including phenoxy) is 2. The third-order valence-electron chi connectivity index (χ3n) is 5.94. The van der Waals surface area contributed by atoms with Gasteiger partial charge in [0, 0.05) is 41.7 Å². The summed E-state index contributed by atoms with van der Waals surface area (Å²) in [5.74, 6) is -0.780. The van der Waals surface area contributed by atoms with Crippen LogP contribution in [0.5, 0.6) is 5.75 Å².